The first-order valence-corrected chi connectivity index (χ1v) is 5.75. The molecular formula is C10H19N3S. The van der Waals surface area contributed by atoms with Gasteiger partial charge in [0, 0.05) is 30.7 Å². The quantitative estimate of drug-likeness (QED) is 0.832. The molecule has 0 aliphatic rings. The average molecular weight is 213 g/mol. The highest BCUT2D eigenvalue weighted by Crippen LogP contribution is 2.24. The van der Waals surface area contributed by atoms with Gasteiger partial charge in [0.2, 0.25) is 0 Å². The van der Waals surface area contributed by atoms with Crippen LogP contribution in [0, 0.1) is 5.92 Å². The highest BCUT2D eigenvalue weighted by molar-refractivity contribution is 7.15. The van der Waals surface area contributed by atoms with Gasteiger partial charge in [0.1, 0.15) is 0 Å². The summed E-state index contributed by atoms with van der Waals surface area (Å²) in [6.45, 7) is 7.24. The van der Waals surface area contributed by atoms with E-state index in [1.165, 1.54) is 0 Å². The van der Waals surface area contributed by atoms with Crippen molar-refractivity contribution in [3.63, 3.8) is 0 Å². The molecule has 0 aromatic carbocycles. The molecule has 3 nitrogen and oxygen atoms in total. The largest absolute Gasteiger partial charge is 0.348 e. The average Bonchev–Trinajstić information content (AvgIpc) is 2.63. The molecule has 0 saturated carbocycles. The van der Waals surface area contributed by atoms with Crippen LogP contribution in [0.5, 0.6) is 0 Å². The van der Waals surface area contributed by atoms with Crippen LogP contribution in [0.2, 0.25) is 0 Å². The normalized spacial score (nSPS) is 13.3. The standard InChI is InChI=1S/C10H19N3S/c1-7(2)8(3)13(4)10-12-6-9(5-11)14-10/h6-8H,5,11H2,1-4H3. The lowest BCUT2D eigenvalue weighted by molar-refractivity contribution is 0.505. The second-order valence-electron chi connectivity index (χ2n) is 3.91. The van der Waals surface area contributed by atoms with Gasteiger partial charge in [-0.2, -0.15) is 0 Å². The molecule has 0 fully saturated rings. The summed E-state index contributed by atoms with van der Waals surface area (Å²) < 4.78 is 0. The molecule has 0 radical (unpaired) electrons. The van der Waals surface area contributed by atoms with Gasteiger partial charge < -0.3 is 10.6 Å². The maximum atomic E-state index is 5.55. The topological polar surface area (TPSA) is 42.2 Å². The fourth-order valence-electron chi connectivity index (χ4n) is 1.18. The third-order valence-electron chi connectivity index (χ3n) is 2.62. The molecule has 0 aliphatic heterocycles. The molecule has 2 N–H and O–H groups in total. The predicted octanol–water partition coefficient (Wildman–Crippen LogP) is 2.08. The van der Waals surface area contributed by atoms with Crippen LogP contribution in [-0.4, -0.2) is 18.1 Å². The van der Waals surface area contributed by atoms with Gasteiger partial charge in [-0.25, -0.2) is 4.98 Å². The highest BCUT2D eigenvalue weighted by atomic mass is 32.1. The van der Waals surface area contributed by atoms with E-state index >= 15 is 0 Å². The van der Waals surface area contributed by atoms with Gasteiger partial charge in [0.05, 0.1) is 0 Å². The van der Waals surface area contributed by atoms with Gasteiger partial charge in [-0.1, -0.05) is 13.8 Å². The Kier molecular flexibility index (Phi) is 3.89. The van der Waals surface area contributed by atoms with E-state index < -0.39 is 0 Å². The Labute approximate surface area is 89.9 Å². The summed E-state index contributed by atoms with van der Waals surface area (Å²) in [7, 11) is 2.09. The minimum atomic E-state index is 0.506. The molecule has 1 aromatic heterocycles. The maximum absolute atomic E-state index is 5.55. The Bertz CT molecular complexity index is 283. The molecule has 0 bridgehead atoms. The second kappa shape index (κ2) is 4.75. The van der Waals surface area contributed by atoms with Crippen LogP contribution < -0.4 is 10.6 Å². The number of nitrogens with zero attached hydrogens (tertiary/aromatic N) is 2. The highest BCUT2D eigenvalue weighted by Gasteiger charge is 2.15. The molecule has 0 saturated heterocycles. The van der Waals surface area contributed by atoms with Crippen molar-refractivity contribution in [2.75, 3.05) is 11.9 Å². The molecule has 1 heterocycles. The van der Waals surface area contributed by atoms with Crippen LogP contribution in [0.1, 0.15) is 25.6 Å². The minimum absolute atomic E-state index is 0.506. The summed E-state index contributed by atoms with van der Waals surface area (Å²) in [5.41, 5.74) is 5.55. The Hall–Kier alpha value is -0.610. The molecule has 1 rings (SSSR count). The monoisotopic (exact) mass is 213 g/mol. The van der Waals surface area contributed by atoms with Crippen LogP contribution in [0.15, 0.2) is 6.20 Å². The molecule has 0 spiro atoms. The molecule has 80 valence electrons. The lowest BCUT2D eigenvalue weighted by atomic mass is 10.1. The fourth-order valence-corrected chi connectivity index (χ4v) is 2.01. The van der Waals surface area contributed by atoms with Gasteiger partial charge in [-0.15, -0.1) is 11.3 Å². The summed E-state index contributed by atoms with van der Waals surface area (Å²) in [5.74, 6) is 0.630. The van der Waals surface area contributed by atoms with Crippen LogP contribution in [0.25, 0.3) is 0 Å². The van der Waals surface area contributed by atoms with E-state index in [0.29, 0.717) is 18.5 Å². The number of nitrogens with two attached hydrogens (primary N) is 1. The van der Waals surface area contributed by atoms with E-state index in [9.17, 15) is 0 Å². The molecule has 1 atom stereocenters. The maximum Gasteiger partial charge on any atom is 0.185 e. The Balaban J connectivity index is 2.73. The first kappa shape index (κ1) is 11.5. The smallest absolute Gasteiger partial charge is 0.185 e. The van der Waals surface area contributed by atoms with Gasteiger partial charge >= 0.3 is 0 Å². The van der Waals surface area contributed by atoms with Crippen molar-refractivity contribution in [1.29, 1.82) is 0 Å². The third kappa shape index (κ3) is 2.45. The summed E-state index contributed by atoms with van der Waals surface area (Å²) in [4.78, 5) is 7.71. The molecule has 0 aliphatic carbocycles. The molecule has 14 heavy (non-hydrogen) atoms. The molecule has 0 amide bonds. The predicted molar refractivity (Wildman–Crippen MR) is 62.7 cm³/mol. The van der Waals surface area contributed by atoms with Crippen molar-refractivity contribution in [2.45, 2.75) is 33.4 Å². The van der Waals surface area contributed by atoms with Crippen LogP contribution >= 0.6 is 11.3 Å². The van der Waals surface area contributed by atoms with E-state index in [1.807, 2.05) is 6.20 Å². The molecular weight excluding hydrogens is 194 g/mol. The van der Waals surface area contributed by atoms with E-state index in [0.717, 1.165) is 10.0 Å². The number of thiazole rings is 1. The fraction of sp³-hybridized carbons (Fsp3) is 0.700. The number of hydrogen-bond acceptors (Lipinski definition) is 4. The molecule has 4 heteroatoms. The number of aromatic nitrogens is 1. The summed E-state index contributed by atoms with van der Waals surface area (Å²) in [6, 6.07) is 0.506. The zero-order chi connectivity index (χ0) is 10.7. The molecule has 1 aromatic rings. The van der Waals surface area contributed by atoms with E-state index in [4.69, 9.17) is 5.73 Å². The van der Waals surface area contributed by atoms with E-state index in [1.54, 1.807) is 11.3 Å². The third-order valence-corrected chi connectivity index (χ3v) is 3.73. The first-order valence-electron chi connectivity index (χ1n) is 4.93. The Morgan fingerprint density at radius 2 is 2.14 bits per heavy atom. The SMILES string of the molecule is CC(C)C(C)N(C)c1ncc(CN)s1. The first-order chi connectivity index (χ1) is 6.56. The Morgan fingerprint density at radius 1 is 1.50 bits per heavy atom. The number of hydrogen-bond donors (Lipinski definition) is 1. The summed E-state index contributed by atoms with van der Waals surface area (Å²) in [6.07, 6.45) is 1.86. The second-order valence-corrected chi connectivity index (χ2v) is 5.00. The van der Waals surface area contributed by atoms with Crippen molar-refractivity contribution in [3.8, 4) is 0 Å². The summed E-state index contributed by atoms with van der Waals surface area (Å²) in [5, 5.41) is 1.06. The minimum Gasteiger partial charge on any atom is -0.348 e. The van der Waals surface area contributed by atoms with Crippen LogP contribution in [-0.2, 0) is 6.54 Å². The summed E-state index contributed by atoms with van der Waals surface area (Å²) >= 11 is 1.68. The van der Waals surface area contributed by atoms with Crippen LogP contribution in [0.3, 0.4) is 0 Å². The van der Waals surface area contributed by atoms with Crippen molar-refractivity contribution < 1.29 is 0 Å². The van der Waals surface area contributed by atoms with Gasteiger partial charge in [0.25, 0.3) is 0 Å². The van der Waals surface area contributed by atoms with Crippen molar-refractivity contribution >= 4 is 16.5 Å². The van der Waals surface area contributed by atoms with Gasteiger partial charge in [0.15, 0.2) is 5.13 Å². The Morgan fingerprint density at radius 3 is 2.57 bits per heavy atom. The lowest BCUT2D eigenvalue weighted by Gasteiger charge is -2.27. The van der Waals surface area contributed by atoms with E-state index in [-0.39, 0.29) is 0 Å². The van der Waals surface area contributed by atoms with Crippen molar-refractivity contribution in [2.24, 2.45) is 11.7 Å². The van der Waals surface area contributed by atoms with Gasteiger partial charge in [-0.05, 0) is 12.8 Å². The lowest BCUT2D eigenvalue weighted by Crippen LogP contribution is -2.32. The van der Waals surface area contributed by atoms with Crippen molar-refractivity contribution in [1.82, 2.24) is 4.98 Å². The number of anilines is 1. The van der Waals surface area contributed by atoms with Crippen molar-refractivity contribution in [3.05, 3.63) is 11.1 Å². The zero-order valence-electron chi connectivity index (χ0n) is 9.32. The number of rotatable bonds is 4. The van der Waals surface area contributed by atoms with E-state index in [2.05, 4.69) is 37.7 Å². The van der Waals surface area contributed by atoms with Crippen LogP contribution in [0.4, 0.5) is 5.13 Å². The zero-order valence-corrected chi connectivity index (χ0v) is 10.1. The molecule has 1 unspecified atom stereocenters. The van der Waals surface area contributed by atoms with Gasteiger partial charge in [-0.3, -0.25) is 0 Å².